The van der Waals surface area contributed by atoms with Crippen molar-refractivity contribution in [3.05, 3.63) is 0 Å². The number of amides is 1. The second-order valence-corrected chi connectivity index (χ2v) is 4.54. The minimum absolute atomic E-state index is 0.0234. The van der Waals surface area contributed by atoms with Crippen LogP contribution in [0.5, 0.6) is 0 Å². The maximum atomic E-state index is 11.6. The van der Waals surface area contributed by atoms with Gasteiger partial charge in [-0.3, -0.25) is 4.79 Å². The van der Waals surface area contributed by atoms with E-state index in [0.29, 0.717) is 18.5 Å². The molecule has 1 fully saturated rings. The van der Waals surface area contributed by atoms with Crippen LogP contribution in [0.1, 0.15) is 13.8 Å². The average molecular weight is 213 g/mol. The summed E-state index contributed by atoms with van der Waals surface area (Å²) in [6, 6.07) is 2.20. The molecule has 1 heterocycles. The molecule has 1 unspecified atom stereocenters. The lowest BCUT2D eigenvalue weighted by molar-refractivity contribution is -0.129. The van der Waals surface area contributed by atoms with Crippen LogP contribution in [0.25, 0.3) is 0 Å². The van der Waals surface area contributed by atoms with E-state index in [1.807, 2.05) is 13.8 Å². The highest BCUT2D eigenvalue weighted by molar-refractivity contribution is 7.99. The molecule has 1 N–H and O–H groups in total. The molecule has 1 rings (SSSR count). The summed E-state index contributed by atoms with van der Waals surface area (Å²) in [7, 11) is 0. The summed E-state index contributed by atoms with van der Waals surface area (Å²) in [4.78, 5) is 13.3. The van der Waals surface area contributed by atoms with Crippen LogP contribution in [0.15, 0.2) is 0 Å². The molecule has 4 nitrogen and oxygen atoms in total. The Morgan fingerprint density at radius 1 is 1.79 bits per heavy atom. The molecular formula is C9H15N3OS. The first-order valence-corrected chi connectivity index (χ1v) is 5.81. The highest BCUT2D eigenvalue weighted by Gasteiger charge is 2.28. The fraction of sp³-hybridized carbons (Fsp3) is 0.778. The van der Waals surface area contributed by atoms with Crippen LogP contribution in [0, 0.1) is 11.3 Å². The van der Waals surface area contributed by atoms with Crippen molar-refractivity contribution in [1.82, 2.24) is 10.2 Å². The summed E-state index contributed by atoms with van der Waals surface area (Å²) >= 11 is 1.63. The van der Waals surface area contributed by atoms with E-state index >= 15 is 0 Å². The van der Waals surface area contributed by atoms with E-state index in [9.17, 15) is 4.79 Å². The largest absolute Gasteiger partial charge is 0.315 e. The molecule has 1 amide bonds. The molecule has 78 valence electrons. The van der Waals surface area contributed by atoms with Gasteiger partial charge < -0.3 is 10.2 Å². The molecule has 0 spiro atoms. The normalized spacial score (nSPS) is 21.3. The molecular weight excluding hydrogens is 198 g/mol. The predicted molar refractivity (Wildman–Crippen MR) is 56.7 cm³/mol. The fourth-order valence-electron chi connectivity index (χ4n) is 1.19. The van der Waals surface area contributed by atoms with E-state index in [1.54, 1.807) is 16.7 Å². The zero-order chi connectivity index (χ0) is 10.6. The Morgan fingerprint density at radius 3 is 3.07 bits per heavy atom. The Hall–Kier alpha value is -0.730. The Balaban J connectivity index is 2.40. The summed E-state index contributed by atoms with van der Waals surface area (Å²) in [6.45, 7) is 4.32. The number of hydrogen-bond donors (Lipinski definition) is 1. The van der Waals surface area contributed by atoms with Gasteiger partial charge in [-0.15, -0.1) is 11.8 Å². The maximum absolute atomic E-state index is 11.6. The molecule has 1 atom stereocenters. The van der Waals surface area contributed by atoms with Gasteiger partial charge in [0, 0.05) is 11.8 Å². The van der Waals surface area contributed by atoms with E-state index in [2.05, 4.69) is 11.4 Å². The van der Waals surface area contributed by atoms with Crippen LogP contribution in [0.4, 0.5) is 0 Å². The van der Waals surface area contributed by atoms with Crippen LogP contribution in [0.2, 0.25) is 0 Å². The Kier molecular flexibility index (Phi) is 4.23. The summed E-state index contributed by atoms with van der Waals surface area (Å²) in [5.74, 6) is 1.41. The minimum Gasteiger partial charge on any atom is -0.315 e. The van der Waals surface area contributed by atoms with Crippen molar-refractivity contribution >= 4 is 17.7 Å². The van der Waals surface area contributed by atoms with Crippen molar-refractivity contribution in [3.8, 4) is 6.07 Å². The van der Waals surface area contributed by atoms with Crippen LogP contribution in [0.3, 0.4) is 0 Å². The van der Waals surface area contributed by atoms with Crippen molar-refractivity contribution in [2.75, 3.05) is 18.2 Å². The number of carbonyl (C=O) groups is 1. The summed E-state index contributed by atoms with van der Waals surface area (Å²) in [6.07, 6.45) is 0. The SMILES string of the molecule is CC(C)NCC(=O)N1CSCC1C#N. The van der Waals surface area contributed by atoms with Gasteiger partial charge in [0.25, 0.3) is 0 Å². The van der Waals surface area contributed by atoms with Gasteiger partial charge in [-0.2, -0.15) is 5.26 Å². The van der Waals surface area contributed by atoms with Gasteiger partial charge in [0.2, 0.25) is 5.91 Å². The van der Waals surface area contributed by atoms with E-state index in [0.717, 1.165) is 5.75 Å². The van der Waals surface area contributed by atoms with Gasteiger partial charge in [-0.25, -0.2) is 0 Å². The van der Waals surface area contributed by atoms with Crippen LogP contribution >= 0.6 is 11.8 Å². The lowest BCUT2D eigenvalue weighted by Crippen LogP contribution is -2.42. The summed E-state index contributed by atoms with van der Waals surface area (Å²) in [5, 5.41) is 11.8. The van der Waals surface area contributed by atoms with Crippen molar-refractivity contribution in [1.29, 1.82) is 5.26 Å². The summed E-state index contributed by atoms with van der Waals surface area (Å²) < 4.78 is 0. The van der Waals surface area contributed by atoms with E-state index in [-0.39, 0.29) is 11.9 Å². The lowest BCUT2D eigenvalue weighted by atomic mass is 10.3. The molecule has 0 aromatic rings. The molecule has 5 heteroatoms. The van der Waals surface area contributed by atoms with E-state index < -0.39 is 0 Å². The average Bonchev–Trinajstić information content (AvgIpc) is 2.61. The van der Waals surface area contributed by atoms with Crippen LogP contribution < -0.4 is 5.32 Å². The number of rotatable bonds is 3. The van der Waals surface area contributed by atoms with Crippen LogP contribution in [-0.4, -0.2) is 41.1 Å². The minimum atomic E-state index is -0.235. The zero-order valence-electron chi connectivity index (χ0n) is 8.49. The van der Waals surface area contributed by atoms with Gasteiger partial charge in [0.05, 0.1) is 18.5 Å². The topological polar surface area (TPSA) is 56.1 Å². The van der Waals surface area contributed by atoms with Gasteiger partial charge in [-0.05, 0) is 0 Å². The fourth-order valence-corrected chi connectivity index (χ4v) is 2.29. The van der Waals surface area contributed by atoms with E-state index in [4.69, 9.17) is 5.26 Å². The van der Waals surface area contributed by atoms with Gasteiger partial charge >= 0.3 is 0 Å². The highest BCUT2D eigenvalue weighted by Crippen LogP contribution is 2.19. The zero-order valence-corrected chi connectivity index (χ0v) is 9.30. The molecule has 1 aliphatic heterocycles. The molecule has 0 bridgehead atoms. The molecule has 1 aliphatic rings. The monoisotopic (exact) mass is 213 g/mol. The number of nitriles is 1. The highest BCUT2D eigenvalue weighted by atomic mass is 32.2. The van der Waals surface area contributed by atoms with Gasteiger partial charge in [0.1, 0.15) is 6.04 Å². The second kappa shape index (κ2) is 5.23. The van der Waals surface area contributed by atoms with Crippen molar-refractivity contribution in [3.63, 3.8) is 0 Å². The third-order valence-electron chi connectivity index (χ3n) is 2.01. The lowest BCUT2D eigenvalue weighted by Gasteiger charge is -2.19. The standard InChI is InChI=1S/C9H15N3OS/c1-7(2)11-4-9(13)12-6-14-5-8(12)3-10/h7-8,11H,4-6H2,1-2H3. The first kappa shape index (κ1) is 11.3. The predicted octanol–water partition coefficient (Wildman–Crippen LogP) is 0.409. The van der Waals surface area contributed by atoms with Crippen molar-refractivity contribution < 1.29 is 4.79 Å². The van der Waals surface area contributed by atoms with Crippen molar-refractivity contribution in [2.45, 2.75) is 25.9 Å². The Labute approximate surface area is 88.6 Å². The number of carbonyl (C=O) groups excluding carboxylic acids is 1. The van der Waals surface area contributed by atoms with Crippen molar-refractivity contribution in [2.24, 2.45) is 0 Å². The molecule has 0 aliphatic carbocycles. The smallest absolute Gasteiger partial charge is 0.238 e. The Morgan fingerprint density at radius 2 is 2.50 bits per heavy atom. The Bertz CT molecular complexity index is 249. The third kappa shape index (κ3) is 2.89. The summed E-state index contributed by atoms with van der Waals surface area (Å²) in [5.41, 5.74) is 0. The first-order valence-electron chi connectivity index (χ1n) is 4.65. The van der Waals surface area contributed by atoms with Gasteiger partial charge in [-0.1, -0.05) is 13.8 Å². The first-order chi connectivity index (χ1) is 6.65. The molecule has 0 radical (unpaired) electrons. The molecule has 0 saturated carbocycles. The molecule has 0 aromatic carbocycles. The molecule has 14 heavy (non-hydrogen) atoms. The number of nitrogens with zero attached hydrogens (tertiary/aromatic N) is 2. The maximum Gasteiger partial charge on any atom is 0.238 e. The van der Waals surface area contributed by atoms with Gasteiger partial charge in [0.15, 0.2) is 0 Å². The quantitative estimate of drug-likeness (QED) is 0.737. The molecule has 0 aromatic heterocycles. The third-order valence-corrected chi connectivity index (χ3v) is 3.03. The number of hydrogen-bond acceptors (Lipinski definition) is 4. The van der Waals surface area contributed by atoms with Crippen LogP contribution in [-0.2, 0) is 4.79 Å². The number of nitrogens with one attached hydrogen (secondary N) is 1. The molecule has 1 saturated heterocycles. The second-order valence-electron chi connectivity index (χ2n) is 3.54. The van der Waals surface area contributed by atoms with E-state index in [1.165, 1.54) is 0 Å². The number of thioether (sulfide) groups is 1.